The largest absolute Gasteiger partial charge is 0.479 e. The van der Waals surface area contributed by atoms with Crippen molar-refractivity contribution in [3.63, 3.8) is 0 Å². The lowest BCUT2D eigenvalue weighted by atomic mass is 9.82. The summed E-state index contributed by atoms with van der Waals surface area (Å²) in [5, 5.41) is 44.6. The summed E-state index contributed by atoms with van der Waals surface area (Å²) in [5.74, 6) is -4.51. The fourth-order valence-corrected chi connectivity index (χ4v) is 6.25. The molecule has 10 unspecified atom stereocenters. The number of aliphatic hydroxyl groups is 3. The third-order valence-electron chi connectivity index (χ3n) is 9.50. The Morgan fingerprint density at radius 3 is 1.68 bits per heavy atom. The Labute approximate surface area is 346 Å². The highest BCUT2D eigenvalue weighted by atomic mass is 16.7. The van der Waals surface area contributed by atoms with E-state index in [1.54, 1.807) is 12.2 Å². The maximum atomic E-state index is 12.7. The smallest absolute Gasteiger partial charge is 0.333 e. The van der Waals surface area contributed by atoms with Crippen LogP contribution in [0.4, 0.5) is 0 Å². The number of carboxylic acids is 1. The van der Waals surface area contributed by atoms with Crippen molar-refractivity contribution >= 4 is 23.8 Å². The molecule has 2 heterocycles. The number of aliphatic carboxylic acids is 1. The van der Waals surface area contributed by atoms with Gasteiger partial charge >= 0.3 is 17.9 Å². The van der Waals surface area contributed by atoms with Crippen molar-refractivity contribution in [2.24, 2.45) is 11.8 Å². The third-order valence-corrected chi connectivity index (χ3v) is 9.50. The molecule has 5 N–H and O–H groups in total. The van der Waals surface area contributed by atoms with Crippen LogP contribution in [0.25, 0.3) is 0 Å². The van der Waals surface area contributed by atoms with Gasteiger partial charge in [0.1, 0.15) is 24.9 Å². The molecular formula is C44H61NO14. The number of carbonyl (C=O) groups is 4. The molecule has 2 fully saturated rings. The molecule has 0 aromatic rings. The van der Waals surface area contributed by atoms with E-state index in [4.69, 9.17) is 23.7 Å². The number of hydrogen-bond donors (Lipinski definition) is 5. The van der Waals surface area contributed by atoms with Gasteiger partial charge in [-0.3, -0.25) is 4.79 Å². The standard InChI is InChI=1S/C44H61NO14/c1-9-32-38(45-31(6)46)34(25-56-24-33-40(50)41(51)44(55-8)59-42(33)43(52)53)58-35(39(32)49)26-57-37(48)23-21-30(5)19-13-17-28(3)15-11-10-14-27(2)16-12-18-29(4)20-22-36(47)54-7/h10-23,32-35,38-42,44,49-51H,9,24-26H2,1-8H3,(H,45,46)(H,52,53)/b11-10+,16-12+,17-13+,22-20+,23-21+,27-14+,28-15+,29-18+,30-19+. The fraction of sp³-hybridized carbons (Fsp3) is 0.500. The van der Waals surface area contributed by atoms with Crippen LogP contribution in [0.2, 0.25) is 0 Å². The number of methoxy groups -OCH3 is 2. The average molecular weight is 828 g/mol. The van der Waals surface area contributed by atoms with Gasteiger partial charge in [0.15, 0.2) is 12.4 Å². The molecule has 0 spiro atoms. The van der Waals surface area contributed by atoms with Crippen LogP contribution in [-0.4, -0.2) is 127 Å². The lowest BCUT2D eigenvalue weighted by Crippen LogP contribution is -2.62. The zero-order valence-corrected chi connectivity index (χ0v) is 35.1. The summed E-state index contributed by atoms with van der Waals surface area (Å²) in [6.45, 7) is 9.92. The fourth-order valence-electron chi connectivity index (χ4n) is 6.25. The SMILES string of the molecule is CCC1C(O)C(COC(=O)/C=C/C(C)=C/C=C/C(C)=C/C=C/C=C(C)/C=C/C=C(C)/C=C/C(=O)OC)OC(COCC2C(C(=O)O)OC(OC)C(O)C2O)C1NC(C)=O. The molecule has 0 saturated carbocycles. The van der Waals surface area contributed by atoms with Gasteiger partial charge in [-0.25, -0.2) is 14.4 Å². The zero-order chi connectivity index (χ0) is 44.1. The number of allylic oxidation sites excluding steroid dienone is 16. The van der Waals surface area contributed by atoms with E-state index < -0.39 is 78.7 Å². The first-order valence-corrected chi connectivity index (χ1v) is 19.3. The van der Waals surface area contributed by atoms with E-state index in [-0.39, 0.29) is 25.7 Å². The van der Waals surface area contributed by atoms with Crippen molar-refractivity contribution in [1.29, 1.82) is 0 Å². The maximum Gasteiger partial charge on any atom is 0.333 e. The summed E-state index contributed by atoms with van der Waals surface area (Å²) in [7, 11) is 2.54. The van der Waals surface area contributed by atoms with Crippen LogP contribution in [0.1, 0.15) is 48.0 Å². The highest BCUT2D eigenvalue weighted by molar-refractivity contribution is 5.82. The minimum Gasteiger partial charge on any atom is -0.479 e. The number of nitrogens with one attached hydrogen (secondary N) is 1. The molecule has 59 heavy (non-hydrogen) atoms. The van der Waals surface area contributed by atoms with Gasteiger partial charge in [0, 0.05) is 38.0 Å². The van der Waals surface area contributed by atoms with Crippen LogP contribution in [0.3, 0.4) is 0 Å². The lowest BCUT2D eigenvalue weighted by Gasteiger charge is -2.45. The van der Waals surface area contributed by atoms with Crippen LogP contribution >= 0.6 is 0 Å². The molecule has 0 aliphatic carbocycles. The average Bonchev–Trinajstić information content (AvgIpc) is 3.19. The van der Waals surface area contributed by atoms with E-state index in [9.17, 15) is 39.6 Å². The second-order valence-electron chi connectivity index (χ2n) is 14.2. The summed E-state index contributed by atoms with van der Waals surface area (Å²) < 4.78 is 32.2. The topological polar surface area (TPSA) is 217 Å². The molecule has 0 aromatic carbocycles. The summed E-state index contributed by atoms with van der Waals surface area (Å²) in [6.07, 6.45) is 16.5. The molecule has 0 bridgehead atoms. The van der Waals surface area contributed by atoms with Gasteiger partial charge in [-0.05, 0) is 34.1 Å². The van der Waals surface area contributed by atoms with Crippen molar-refractivity contribution < 1.29 is 68.0 Å². The van der Waals surface area contributed by atoms with Crippen LogP contribution in [-0.2, 0) is 47.6 Å². The first-order valence-electron chi connectivity index (χ1n) is 19.3. The van der Waals surface area contributed by atoms with Crippen molar-refractivity contribution in [1.82, 2.24) is 5.32 Å². The Bertz CT molecular complexity index is 1680. The number of amides is 1. The number of carbonyl (C=O) groups excluding carboxylic acids is 3. The monoisotopic (exact) mass is 827 g/mol. The number of aliphatic hydroxyl groups excluding tert-OH is 3. The molecular weight excluding hydrogens is 766 g/mol. The molecule has 1 amide bonds. The number of esters is 2. The van der Waals surface area contributed by atoms with Gasteiger partial charge in [0.25, 0.3) is 0 Å². The lowest BCUT2D eigenvalue weighted by molar-refractivity contribution is -0.282. The van der Waals surface area contributed by atoms with E-state index in [2.05, 4.69) is 10.1 Å². The van der Waals surface area contributed by atoms with Gasteiger partial charge in [-0.2, -0.15) is 0 Å². The molecule has 2 saturated heterocycles. The van der Waals surface area contributed by atoms with Gasteiger partial charge in [0.05, 0.1) is 38.6 Å². The second-order valence-corrected chi connectivity index (χ2v) is 14.2. The summed E-state index contributed by atoms with van der Waals surface area (Å²) in [4.78, 5) is 47.9. The maximum absolute atomic E-state index is 12.7. The van der Waals surface area contributed by atoms with Gasteiger partial charge in [-0.1, -0.05) is 102 Å². The Morgan fingerprint density at radius 2 is 1.17 bits per heavy atom. The quantitative estimate of drug-likeness (QED) is 0.0672. The molecule has 2 aliphatic rings. The molecule has 0 radical (unpaired) electrons. The van der Waals surface area contributed by atoms with Gasteiger partial charge in [-0.15, -0.1) is 0 Å². The third kappa shape index (κ3) is 17.6. The summed E-state index contributed by atoms with van der Waals surface area (Å²) in [6, 6.07) is -0.710. The number of hydrogen-bond acceptors (Lipinski definition) is 13. The van der Waals surface area contributed by atoms with E-state index in [0.29, 0.717) is 6.42 Å². The predicted molar refractivity (Wildman–Crippen MR) is 219 cm³/mol. The Balaban J connectivity index is 1.98. The predicted octanol–water partition coefficient (Wildman–Crippen LogP) is 3.74. The molecule has 10 atom stereocenters. The minimum atomic E-state index is -1.54. The van der Waals surface area contributed by atoms with Crippen LogP contribution in [0, 0.1) is 11.8 Å². The number of ether oxygens (including phenoxy) is 6. The molecule has 15 heteroatoms. The Hall–Kier alpha value is -4.74. The van der Waals surface area contributed by atoms with Crippen molar-refractivity contribution in [3.05, 3.63) is 107 Å². The van der Waals surface area contributed by atoms with Crippen molar-refractivity contribution in [3.8, 4) is 0 Å². The van der Waals surface area contributed by atoms with Gasteiger partial charge in [0.2, 0.25) is 5.91 Å². The van der Waals surface area contributed by atoms with Crippen molar-refractivity contribution in [2.45, 2.75) is 96.9 Å². The van der Waals surface area contributed by atoms with E-state index in [0.717, 1.165) is 22.3 Å². The zero-order valence-electron chi connectivity index (χ0n) is 35.1. The molecule has 0 aromatic heterocycles. The van der Waals surface area contributed by atoms with Gasteiger partial charge < -0.3 is 54.2 Å². The van der Waals surface area contributed by atoms with E-state index >= 15 is 0 Å². The number of rotatable bonds is 20. The first-order chi connectivity index (χ1) is 28.0. The van der Waals surface area contributed by atoms with E-state index in [1.807, 2.05) is 95.4 Å². The summed E-state index contributed by atoms with van der Waals surface area (Å²) in [5.41, 5.74) is 3.72. The molecule has 2 rings (SSSR count). The Morgan fingerprint density at radius 1 is 0.627 bits per heavy atom. The highest BCUT2D eigenvalue weighted by Gasteiger charge is 2.49. The Kier molecular flexibility index (Phi) is 22.5. The summed E-state index contributed by atoms with van der Waals surface area (Å²) >= 11 is 0. The first kappa shape index (κ1) is 50.4. The van der Waals surface area contributed by atoms with Crippen molar-refractivity contribution in [2.75, 3.05) is 34.0 Å². The molecule has 15 nitrogen and oxygen atoms in total. The normalized spacial score (nSPS) is 28.9. The molecule has 326 valence electrons. The van der Waals surface area contributed by atoms with E-state index in [1.165, 1.54) is 33.3 Å². The van der Waals surface area contributed by atoms with Crippen LogP contribution < -0.4 is 5.32 Å². The van der Waals surface area contributed by atoms with Crippen LogP contribution in [0.15, 0.2) is 107 Å². The highest BCUT2D eigenvalue weighted by Crippen LogP contribution is 2.31. The second kappa shape index (κ2) is 26.4. The molecule has 2 aliphatic heterocycles. The number of carboxylic acid groups (broad SMARTS) is 1. The van der Waals surface area contributed by atoms with Crippen LogP contribution in [0.5, 0.6) is 0 Å². The minimum absolute atomic E-state index is 0.201.